The number of nitrogens with two attached hydrogens (primary N) is 1. The summed E-state index contributed by atoms with van der Waals surface area (Å²) in [5.74, 6) is 0.213. The van der Waals surface area contributed by atoms with Crippen LogP contribution in [-0.4, -0.2) is 23.8 Å². The summed E-state index contributed by atoms with van der Waals surface area (Å²) >= 11 is 1.54. The van der Waals surface area contributed by atoms with Crippen LogP contribution in [-0.2, 0) is 25.9 Å². The molecule has 1 aromatic heterocycles. The second kappa shape index (κ2) is 10.9. The van der Waals surface area contributed by atoms with Gasteiger partial charge < -0.3 is 15.2 Å². The van der Waals surface area contributed by atoms with E-state index in [1.807, 2.05) is 0 Å². The van der Waals surface area contributed by atoms with E-state index < -0.39 is 11.7 Å². The van der Waals surface area contributed by atoms with Gasteiger partial charge in [-0.2, -0.15) is 0 Å². The van der Waals surface area contributed by atoms with Crippen LogP contribution in [0.4, 0.5) is 4.79 Å². The molecule has 1 aliphatic carbocycles. The van der Waals surface area contributed by atoms with Gasteiger partial charge >= 0.3 is 6.09 Å². The first kappa shape index (κ1) is 29.6. The van der Waals surface area contributed by atoms with Gasteiger partial charge in [0.05, 0.1) is 18.4 Å². The van der Waals surface area contributed by atoms with Crippen LogP contribution >= 0.6 is 11.3 Å². The summed E-state index contributed by atoms with van der Waals surface area (Å²) in [4.78, 5) is 17.5. The molecule has 0 radical (unpaired) electrons. The maximum absolute atomic E-state index is 12.3. The van der Waals surface area contributed by atoms with Gasteiger partial charge in [-0.05, 0) is 62.8 Å². The van der Waals surface area contributed by atoms with Crippen LogP contribution in [0.5, 0.6) is 0 Å². The highest BCUT2D eigenvalue weighted by Crippen LogP contribution is 2.49. The number of hydrogen-bond acceptors (Lipinski definition) is 5. The number of thiazole rings is 1. The number of hydrogen-bond donors (Lipinski definition) is 1. The fourth-order valence-corrected chi connectivity index (χ4v) is 7.63. The number of carbonyl (C=O) groups excluding carboxylic acids is 1. The van der Waals surface area contributed by atoms with Crippen LogP contribution in [0.15, 0.2) is 72.1 Å². The van der Waals surface area contributed by atoms with Crippen molar-refractivity contribution >= 4 is 17.4 Å². The lowest BCUT2D eigenvalue weighted by molar-refractivity contribution is -0.112. The summed E-state index contributed by atoms with van der Waals surface area (Å²) in [6, 6.07) is 24.1. The zero-order chi connectivity index (χ0) is 30.6. The molecule has 4 aromatic rings. The van der Waals surface area contributed by atoms with E-state index in [9.17, 15) is 4.79 Å². The maximum atomic E-state index is 12.3. The summed E-state index contributed by atoms with van der Waals surface area (Å²) in [7, 11) is 0. The molecular weight excluding hydrogens is 552 g/mol. The standard InChI is InChI=1S/C37H42N2O3S/c1-35(2,3)24-17-23(18-25(19-24)36(4,5)6)32-22-43-33(39-32)37(42-34(38)40)15-16-41-26(21-37)20-31-29-13-9-7-11-27(29)28-12-8-10-14-30(28)31/h7-14,17-19,22,26,31H,15-16,20-21H2,1-6H3,(H2,38,40). The third-order valence-corrected chi connectivity index (χ3v) is 10.1. The average Bonchev–Trinajstić information content (AvgIpc) is 3.57. The summed E-state index contributed by atoms with van der Waals surface area (Å²) in [5.41, 5.74) is 14.5. The summed E-state index contributed by atoms with van der Waals surface area (Å²) in [5, 5.41) is 2.86. The van der Waals surface area contributed by atoms with Crippen molar-refractivity contribution in [2.75, 3.05) is 6.61 Å². The Labute approximate surface area is 259 Å². The first-order chi connectivity index (χ1) is 20.3. The quantitative estimate of drug-likeness (QED) is 0.250. The first-order valence-electron chi connectivity index (χ1n) is 15.2. The molecule has 0 bridgehead atoms. The van der Waals surface area contributed by atoms with E-state index in [0.29, 0.717) is 19.4 Å². The summed E-state index contributed by atoms with van der Waals surface area (Å²) in [6.45, 7) is 13.9. The molecule has 2 heterocycles. The smallest absolute Gasteiger partial charge is 0.405 e. The number of amides is 1. The van der Waals surface area contributed by atoms with Gasteiger partial charge in [-0.1, -0.05) is 96.1 Å². The molecule has 43 heavy (non-hydrogen) atoms. The fourth-order valence-electron chi connectivity index (χ4n) is 6.63. The Morgan fingerprint density at radius 2 is 1.53 bits per heavy atom. The topological polar surface area (TPSA) is 74.4 Å². The van der Waals surface area contributed by atoms with Crippen LogP contribution in [0.3, 0.4) is 0 Å². The van der Waals surface area contributed by atoms with Gasteiger partial charge in [-0.15, -0.1) is 11.3 Å². The van der Waals surface area contributed by atoms with Crippen molar-refractivity contribution in [3.8, 4) is 22.4 Å². The Bertz CT molecular complexity index is 1580. The van der Waals surface area contributed by atoms with Crippen molar-refractivity contribution in [2.24, 2.45) is 5.73 Å². The average molecular weight is 595 g/mol. The van der Waals surface area contributed by atoms with Crippen molar-refractivity contribution in [3.05, 3.63) is 99.4 Å². The molecule has 224 valence electrons. The molecule has 6 rings (SSSR count). The monoisotopic (exact) mass is 594 g/mol. The number of fused-ring (bicyclic) bond motifs is 3. The second-order valence-corrected chi connectivity index (χ2v) is 15.0. The first-order valence-corrected chi connectivity index (χ1v) is 16.1. The molecule has 1 aliphatic heterocycles. The third kappa shape index (κ3) is 5.75. The van der Waals surface area contributed by atoms with Gasteiger partial charge in [-0.25, -0.2) is 9.78 Å². The number of nitrogens with zero attached hydrogens (tertiary/aromatic N) is 1. The van der Waals surface area contributed by atoms with Gasteiger partial charge in [0, 0.05) is 29.7 Å². The molecular formula is C37H42N2O3S. The molecule has 2 N–H and O–H groups in total. The van der Waals surface area contributed by atoms with Crippen molar-refractivity contribution < 1.29 is 14.3 Å². The van der Waals surface area contributed by atoms with E-state index in [2.05, 4.69) is 114 Å². The van der Waals surface area contributed by atoms with E-state index in [-0.39, 0.29) is 22.9 Å². The number of aromatic nitrogens is 1. The van der Waals surface area contributed by atoms with Gasteiger partial charge in [0.1, 0.15) is 5.01 Å². The van der Waals surface area contributed by atoms with Crippen LogP contribution in [0.25, 0.3) is 22.4 Å². The Morgan fingerprint density at radius 3 is 2.09 bits per heavy atom. The zero-order valence-electron chi connectivity index (χ0n) is 26.1. The molecule has 2 unspecified atom stereocenters. The maximum Gasteiger partial charge on any atom is 0.405 e. The van der Waals surface area contributed by atoms with E-state index >= 15 is 0 Å². The van der Waals surface area contributed by atoms with Crippen LogP contribution < -0.4 is 5.73 Å². The van der Waals surface area contributed by atoms with E-state index in [4.69, 9.17) is 20.2 Å². The molecule has 1 saturated heterocycles. The lowest BCUT2D eigenvalue weighted by atomic mass is 9.79. The fraction of sp³-hybridized carbons (Fsp3) is 0.405. The Morgan fingerprint density at radius 1 is 0.953 bits per heavy atom. The van der Waals surface area contributed by atoms with E-state index in [1.165, 1.54) is 33.4 Å². The molecule has 6 heteroatoms. The predicted octanol–water partition coefficient (Wildman–Crippen LogP) is 9.08. The summed E-state index contributed by atoms with van der Waals surface area (Å²) < 4.78 is 12.4. The van der Waals surface area contributed by atoms with E-state index in [1.54, 1.807) is 11.3 Å². The highest BCUT2D eigenvalue weighted by atomic mass is 32.1. The molecule has 2 atom stereocenters. The number of carbonyl (C=O) groups is 1. The predicted molar refractivity (Wildman–Crippen MR) is 175 cm³/mol. The number of rotatable bonds is 5. The Hall–Kier alpha value is -3.48. The van der Waals surface area contributed by atoms with Crippen LogP contribution in [0.1, 0.15) is 94.0 Å². The normalized spacial score (nSPS) is 20.5. The zero-order valence-corrected chi connectivity index (χ0v) is 26.9. The van der Waals surface area contributed by atoms with Crippen molar-refractivity contribution in [1.82, 2.24) is 4.98 Å². The molecule has 2 aliphatic rings. The van der Waals surface area contributed by atoms with Gasteiger partial charge in [-0.3, -0.25) is 0 Å². The highest BCUT2D eigenvalue weighted by molar-refractivity contribution is 7.10. The minimum atomic E-state index is -0.927. The summed E-state index contributed by atoms with van der Waals surface area (Å²) in [6.07, 6.45) is 0.921. The minimum absolute atomic E-state index is 0.00340. The van der Waals surface area contributed by atoms with Crippen molar-refractivity contribution in [3.63, 3.8) is 0 Å². The van der Waals surface area contributed by atoms with Crippen molar-refractivity contribution in [2.45, 2.75) is 89.3 Å². The molecule has 3 aromatic carbocycles. The minimum Gasteiger partial charge on any atom is -0.435 e. The van der Waals surface area contributed by atoms with Gasteiger partial charge in [0.25, 0.3) is 0 Å². The number of benzene rings is 3. The molecule has 0 saturated carbocycles. The van der Waals surface area contributed by atoms with Gasteiger partial charge in [0.15, 0.2) is 5.60 Å². The van der Waals surface area contributed by atoms with Gasteiger partial charge in [0.2, 0.25) is 0 Å². The highest BCUT2D eigenvalue weighted by Gasteiger charge is 2.45. The lowest BCUT2D eigenvalue weighted by Gasteiger charge is -2.39. The molecule has 0 spiro atoms. The Balaban J connectivity index is 1.34. The van der Waals surface area contributed by atoms with Crippen LogP contribution in [0, 0.1) is 0 Å². The molecule has 1 fully saturated rings. The second-order valence-electron chi connectivity index (χ2n) is 14.2. The van der Waals surface area contributed by atoms with Crippen molar-refractivity contribution in [1.29, 1.82) is 0 Å². The van der Waals surface area contributed by atoms with Crippen LogP contribution in [0.2, 0.25) is 0 Å². The number of primary amides is 1. The largest absolute Gasteiger partial charge is 0.435 e. The molecule has 5 nitrogen and oxygen atoms in total. The third-order valence-electron chi connectivity index (χ3n) is 9.03. The Kier molecular flexibility index (Phi) is 7.50. The number of ether oxygens (including phenoxy) is 2. The molecule has 1 amide bonds. The van der Waals surface area contributed by atoms with E-state index in [0.717, 1.165) is 22.7 Å². The SMILES string of the molecule is CC(C)(C)c1cc(-c2csc(C3(OC(N)=O)CCOC(CC4c5ccccc5-c5ccccc54)C3)n2)cc(C(C)(C)C)c1. The lowest BCUT2D eigenvalue weighted by Crippen LogP contribution is -2.43.